The lowest BCUT2D eigenvalue weighted by molar-refractivity contribution is 0.0910. The zero-order valence-electron chi connectivity index (χ0n) is 11.4. The number of pyridine rings is 1. The van der Waals surface area contributed by atoms with Crippen LogP contribution in [0.4, 0.5) is 0 Å². The molecule has 0 bridgehead atoms. The van der Waals surface area contributed by atoms with Gasteiger partial charge in [-0.1, -0.05) is 13.0 Å². The van der Waals surface area contributed by atoms with Crippen LogP contribution in [0.15, 0.2) is 24.5 Å². The molecule has 19 heavy (non-hydrogen) atoms. The first-order valence-corrected chi connectivity index (χ1v) is 6.38. The summed E-state index contributed by atoms with van der Waals surface area (Å²) in [6.07, 6.45) is 3.46. The van der Waals surface area contributed by atoms with Gasteiger partial charge in [0.1, 0.15) is 11.3 Å². The molecular formula is C14H19N3O2. The lowest BCUT2D eigenvalue weighted by Gasteiger charge is -2.18. The first-order valence-electron chi connectivity index (χ1n) is 6.38. The molecule has 2 heterocycles. The average Bonchev–Trinajstić information content (AvgIpc) is 2.80. The SMILES string of the molecule is Cc1ccc2ncc(C(=O)NC(C)C(C)CO)n2c1. The number of nitrogens with zero attached hydrogens (tertiary/aromatic N) is 2. The van der Waals surface area contributed by atoms with Gasteiger partial charge in [-0.2, -0.15) is 0 Å². The highest BCUT2D eigenvalue weighted by atomic mass is 16.3. The highest BCUT2D eigenvalue weighted by Gasteiger charge is 2.17. The molecule has 0 aliphatic rings. The summed E-state index contributed by atoms with van der Waals surface area (Å²) in [5.74, 6) is -0.157. The van der Waals surface area contributed by atoms with Crippen LogP contribution in [0, 0.1) is 12.8 Å². The zero-order chi connectivity index (χ0) is 14.0. The summed E-state index contributed by atoms with van der Waals surface area (Å²) in [6.45, 7) is 5.79. The van der Waals surface area contributed by atoms with E-state index in [1.165, 1.54) is 0 Å². The number of amides is 1. The highest BCUT2D eigenvalue weighted by molar-refractivity contribution is 5.93. The van der Waals surface area contributed by atoms with E-state index in [1.807, 2.05) is 39.1 Å². The van der Waals surface area contributed by atoms with Gasteiger partial charge in [0.25, 0.3) is 5.91 Å². The van der Waals surface area contributed by atoms with E-state index in [2.05, 4.69) is 10.3 Å². The van der Waals surface area contributed by atoms with Crippen molar-refractivity contribution in [2.24, 2.45) is 5.92 Å². The number of aryl methyl sites for hydroxylation is 1. The van der Waals surface area contributed by atoms with Gasteiger partial charge in [-0.3, -0.25) is 9.20 Å². The lowest BCUT2D eigenvalue weighted by atomic mass is 10.1. The molecule has 5 heteroatoms. The van der Waals surface area contributed by atoms with Gasteiger partial charge < -0.3 is 10.4 Å². The predicted molar refractivity (Wildman–Crippen MR) is 73.1 cm³/mol. The second-order valence-electron chi connectivity index (χ2n) is 5.00. The summed E-state index contributed by atoms with van der Waals surface area (Å²) in [5, 5.41) is 12.0. The van der Waals surface area contributed by atoms with Gasteiger partial charge in [0, 0.05) is 18.8 Å². The van der Waals surface area contributed by atoms with Gasteiger partial charge in [-0.05, 0) is 31.4 Å². The molecule has 2 aromatic heterocycles. The number of carbonyl (C=O) groups excluding carboxylic acids is 1. The van der Waals surface area contributed by atoms with E-state index >= 15 is 0 Å². The fourth-order valence-electron chi connectivity index (χ4n) is 1.84. The Morgan fingerprint density at radius 2 is 2.21 bits per heavy atom. The van der Waals surface area contributed by atoms with Crippen LogP contribution in [0.3, 0.4) is 0 Å². The van der Waals surface area contributed by atoms with E-state index in [-0.39, 0.29) is 24.5 Å². The van der Waals surface area contributed by atoms with Crippen LogP contribution < -0.4 is 5.32 Å². The van der Waals surface area contributed by atoms with Crippen LogP contribution in [-0.2, 0) is 0 Å². The van der Waals surface area contributed by atoms with Crippen molar-refractivity contribution in [1.82, 2.24) is 14.7 Å². The molecular weight excluding hydrogens is 242 g/mol. The smallest absolute Gasteiger partial charge is 0.270 e. The summed E-state index contributed by atoms with van der Waals surface area (Å²) in [7, 11) is 0. The molecule has 0 aromatic carbocycles. The number of carbonyl (C=O) groups is 1. The van der Waals surface area contributed by atoms with E-state index < -0.39 is 0 Å². The molecule has 0 radical (unpaired) electrons. The van der Waals surface area contributed by atoms with E-state index in [1.54, 1.807) is 10.6 Å². The number of imidazole rings is 1. The minimum absolute atomic E-state index is 0.0184. The van der Waals surface area contributed by atoms with E-state index in [4.69, 9.17) is 5.11 Å². The molecule has 1 amide bonds. The van der Waals surface area contributed by atoms with Crippen LogP contribution in [0.25, 0.3) is 5.65 Å². The Kier molecular flexibility index (Phi) is 3.85. The number of aliphatic hydroxyl groups is 1. The first kappa shape index (κ1) is 13.5. The number of rotatable bonds is 4. The molecule has 0 saturated heterocycles. The largest absolute Gasteiger partial charge is 0.396 e. The maximum atomic E-state index is 12.2. The maximum Gasteiger partial charge on any atom is 0.270 e. The summed E-state index contributed by atoms with van der Waals surface area (Å²) in [6, 6.07) is 3.75. The monoisotopic (exact) mass is 261 g/mol. The number of aliphatic hydroxyl groups excluding tert-OH is 1. The Labute approximate surface area is 112 Å². The molecule has 2 unspecified atom stereocenters. The topological polar surface area (TPSA) is 66.6 Å². The molecule has 102 valence electrons. The number of hydrogen-bond donors (Lipinski definition) is 2. The third-order valence-corrected chi connectivity index (χ3v) is 3.39. The Bertz CT molecular complexity index is 591. The molecule has 2 aromatic rings. The quantitative estimate of drug-likeness (QED) is 0.874. The Morgan fingerprint density at radius 1 is 1.47 bits per heavy atom. The third kappa shape index (κ3) is 2.76. The molecule has 0 aliphatic heterocycles. The molecule has 0 saturated carbocycles. The van der Waals surface area contributed by atoms with Gasteiger partial charge >= 0.3 is 0 Å². The van der Waals surface area contributed by atoms with Crippen molar-refractivity contribution < 1.29 is 9.90 Å². The molecule has 2 atom stereocenters. The molecule has 2 rings (SSSR count). The first-order chi connectivity index (χ1) is 9.02. The van der Waals surface area contributed by atoms with Crippen molar-refractivity contribution in [3.63, 3.8) is 0 Å². The second kappa shape index (κ2) is 5.40. The van der Waals surface area contributed by atoms with E-state index in [9.17, 15) is 4.79 Å². The van der Waals surface area contributed by atoms with E-state index in [0.29, 0.717) is 5.69 Å². The van der Waals surface area contributed by atoms with Crippen molar-refractivity contribution in [2.75, 3.05) is 6.61 Å². The van der Waals surface area contributed by atoms with Crippen molar-refractivity contribution in [2.45, 2.75) is 26.8 Å². The normalized spacial score (nSPS) is 14.3. The van der Waals surface area contributed by atoms with Crippen LogP contribution in [0.2, 0.25) is 0 Å². The van der Waals surface area contributed by atoms with Gasteiger partial charge in [0.2, 0.25) is 0 Å². The predicted octanol–water partition coefficient (Wildman–Crippen LogP) is 1.39. The van der Waals surface area contributed by atoms with Crippen molar-refractivity contribution >= 4 is 11.6 Å². The number of fused-ring (bicyclic) bond motifs is 1. The van der Waals surface area contributed by atoms with Gasteiger partial charge in [-0.15, -0.1) is 0 Å². The lowest BCUT2D eigenvalue weighted by Crippen LogP contribution is -2.38. The Balaban J connectivity index is 2.24. The van der Waals surface area contributed by atoms with Crippen LogP contribution in [-0.4, -0.2) is 33.0 Å². The highest BCUT2D eigenvalue weighted by Crippen LogP contribution is 2.10. The van der Waals surface area contributed by atoms with Crippen LogP contribution in [0.1, 0.15) is 29.9 Å². The van der Waals surface area contributed by atoms with Crippen molar-refractivity contribution in [1.29, 1.82) is 0 Å². The van der Waals surface area contributed by atoms with Crippen LogP contribution in [0.5, 0.6) is 0 Å². The van der Waals surface area contributed by atoms with Crippen molar-refractivity contribution in [3.05, 3.63) is 35.8 Å². The second-order valence-corrected chi connectivity index (χ2v) is 5.00. The summed E-state index contributed by atoms with van der Waals surface area (Å²) in [5.41, 5.74) is 2.32. The molecule has 0 fully saturated rings. The summed E-state index contributed by atoms with van der Waals surface area (Å²) < 4.78 is 1.78. The maximum absolute atomic E-state index is 12.2. The third-order valence-electron chi connectivity index (χ3n) is 3.39. The standard InChI is InChI=1S/C14H19N3O2/c1-9-4-5-13-15-6-12(17(13)7-9)14(19)16-11(3)10(2)8-18/h4-7,10-11,18H,8H2,1-3H3,(H,16,19). The zero-order valence-corrected chi connectivity index (χ0v) is 11.4. The van der Waals surface area contributed by atoms with Gasteiger partial charge in [-0.25, -0.2) is 4.98 Å². The van der Waals surface area contributed by atoms with E-state index in [0.717, 1.165) is 11.2 Å². The van der Waals surface area contributed by atoms with Crippen LogP contribution >= 0.6 is 0 Å². The molecule has 5 nitrogen and oxygen atoms in total. The fourth-order valence-corrected chi connectivity index (χ4v) is 1.84. The molecule has 0 aliphatic carbocycles. The minimum Gasteiger partial charge on any atom is -0.396 e. The average molecular weight is 261 g/mol. The Hall–Kier alpha value is -1.88. The van der Waals surface area contributed by atoms with Gasteiger partial charge in [0.15, 0.2) is 0 Å². The van der Waals surface area contributed by atoms with Crippen molar-refractivity contribution in [3.8, 4) is 0 Å². The Morgan fingerprint density at radius 3 is 2.89 bits per heavy atom. The fraction of sp³-hybridized carbons (Fsp3) is 0.429. The summed E-state index contributed by atoms with van der Waals surface area (Å²) in [4.78, 5) is 16.4. The van der Waals surface area contributed by atoms with Gasteiger partial charge in [0.05, 0.1) is 6.20 Å². The summed E-state index contributed by atoms with van der Waals surface area (Å²) >= 11 is 0. The molecule has 0 spiro atoms. The molecule has 2 N–H and O–H groups in total. The number of nitrogens with one attached hydrogen (secondary N) is 1. The minimum atomic E-state index is -0.175. The number of aromatic nitrogens is 2. The number of hydrogen-bond acceptors (Lipinski definition) is 3.